The Bertz CT molecular complexity index is 672. The van der Waals surface area contributed by atoms with Gasteiger partial charge in [0.25, 0.3) is 5.91 Å². The number of carbonyl (C=O) groups excluding carboxylic acids is 1. The maximum absolute atomic E-state index is 13.3. The van der Waals surface area contributed by atoms with Gasteiger partial charge in [0.1, 0.15) is 5.75 Å². The van der Waals surface area contributed by atoms with Crippen molar-refractivity contribution in [2.24, 2.45) is 11.3 Å². The van der Waals surface area contributed by atoms with Crippen LogP contribution in [0.1, 0.15) is 16.8 Å². The summed E-state index contributed by atoms with van der Waals surface area (Å²) in [5, 5.41) is 9.77. The molecule has 2 aliphatic heterocycles. The molecule has 2 fully saturated rings. The number of nitrogens with zero attached hydrogens (tertiary/aromatic N) is 1. The fourth-order valence-electron chi connectivity index (χ4n) is 3.57. The van der Waals surface area contributed by atoms with Crippen molar-refractivity contribution >= 4 is 5.91 Å². The number of hydrogen-bond donors (Lipinski definition) is 1. The monoisotopic (exact) mass is 377 g/mol. The fourth-order valence-corrected chi connectivity index (χ4v) is 3.57. The number of rotatable bonds is 5. The van der Waals surface area contributed by atoms with Crippen LogP contribution in [0.25, 0.3) is 0 Å². The van der Waals surface area contributed by atoms with Crippen molar-refractivity contribution in [3.63, 3.8) is 0 Å². The van der Waals surface area contributed by atoms with E-state index < -0.39 is 29.6 Å². The van der Waals surface area contributed by atoms with Crippen molar-refractivity contribution in [1.82, 2.24) is 4.90 Å². The third-order valence-corrected chi connectivity index (χ3v) is 5.03. The highest BCUT2D eigenvalue weighted by Crippen LogP contribution is 2.42. The minimum atomic E-state index is -4.70. The Morgan fingerprint density at radius 3 is 2.81 bits per heavy atom. The maximum Gasteiger partial charge on any atom is 0.461 e. The van der Waals surface area contributed by atoms with Gasteiger partial charge in [0.05, 0.1) is 18.8 Å². The van der Waals surface area contributed by atoms with Crippen LogP contribution >= 0.6 is 0 Å². The fraction of sp³-hybridized carbons (Fsp3) is 0.588. The molecule has 2 saturated heterocycles. The number of amides is 1. The molecule has 0 bridgehead atoms. The Balaban J connectivity index is 1.83. The standard InChI is InChI=1S/C17H19F4NO4/c18-15(19)17(20,21)26-13-4-2-1-3-12(13)14(24)22-7-11-5-6-25-10-16(11,8-22)9-23/h1-4,11,15,23H,5-10H2/t11-,16+/m0/s1. The van der Waals surface area contributed by atoms with E-state index in [0.29, 0.717) is 26.2 Å². The highest BCUT2D eigenvalue weighted by Gasteiger charge is 2.50. The van der Waals surface area contributed by atoms with E-state index in [1.165, 1.54) is 23.1 Å². The first-order valence-corrected chi connectivity index (χ1v) is 8.21. The number of fused-ring (bicyclic) bond motifs is 1. The first-order valence-electron chi connectivity index (χ1n) is 8.21. The van der Waals surface area contributed by atoms with Crippen LogP contribution in [0.3, 0.4) is 0 Å². The second kappa shape index (κ2) is 7.03. The number of para-hydroxylation sites is 1. The number of hydrogen-bond acceptors (Lipinski definition) is 4. The molecule has 0 aliphatic carbocycles. The summed E-state index contributed by atoms with van der Waals surface area (Å²) in [5.41, 5.74) is -0.808. The van der Waals surface area contributed by atoms with E-state index in [4.69, 9.17) is 4.74 Å². The number of benzene rings is 1. The highest BCUT2D eigenvalue weighted by molar-refractivity contribution is 5.97. The third kappa shape index (κ3) is 3.37. The molecule has 26 heavy (non-hydrogen) atoms. The zero-order chi connectivity index (χ0) is 18.9. The molecular formula is C17H19F4NO4. The molecule has 0 aromatic heterocycles. The summed E-state index contributed by atoms with van der Waals surface area (Å²) in [5.74, 6) is -1.18. The van der Waals surface area contributed by atoms with Gasteiger partial charge in [-0.25, -0.2) is 0 Å². The Morgan fingerprint density at radius 1 is 1.42 bits per heavy atom. The molecule has 0 radical (unpaired) electrons. The highest BCUT2D eigenvalue weighted by atomic mass is 19.3. The van der Waals surface area contributed by atoms with Gasteiger partial charge in [-0.1, -0.05) is 12.1 Å². The van der Waals surface area contributed by atoms with Gasteiger partial charge < -0.3 is 19.5 Å². The van der Waals surface area contributed by atoms with E-state index >= 15 is 0 Å². The topological polar surface area (TPSA) is 59.0 Å². The van der Waals surface area contributed by atoms with Gasteiger partial charge in [-0.05, 0) is 24.5 Å². The lowest BCUT2D eigenvalue weighted by Crippen LogP contribution is -2.43. The molecule has 0 unspecified atom stereocenters. The van der Waals surface area contributed by atoms with E-state index in [2.05, 4.69) is 4.74 Å². The summed E-state index contributed by atoms with van der Waals surface area (Å²) in [4.78, 5) is 14.2. The molecule has 9 heteroatoms. The lowest BCUT2D eigenvalue weighted by molar-refractivity contribution is -0.253. The van der Waals surface area contributed by atoms with Crippen LogP contribution in [0.2, 0.25) is 0 Å². The van der Waals surface area contributed by atoms with Gasteiger partial charge in [-0.2, -0.15) is 17.6 Å². The van der Waals surface area contributed by atoms with Gasteiger partial charge in [-0.3, -0.25) is 4.79 Å². The van der Waals surface area contributed by atoms with E-state index in [1.54, 1.807) is 0 Å². The summed E-state index contributed by atoms with van der Waals surface area (Å²) >= 11 is 0. The van der Waals surface area contributed by atoms with Crippen LogP contribution in [0, 0.1) is 11.3 Å². The number of likely N-dealkylation sites (tertiary alicyclic amines) is 1. The van der Waals surface area contributed by atoms with Gasteiger partial charge >= 0.3 is 12.5 Å². The maximum atomic E-state index is 13.3. The molecule has 1 aromatic rings. The van der Waals surface area contributed by atoms with Crippen molar-refractivity contribution in [3.8, 4) is 5.75 Å². The molecule has 1 N–H and O–H groups in total. The number of carbonyl (C=O) groups is 1. The molecule has 3 rings (SSSR count). The number of ether oxygens (including phenoxy) is 2. The summed E-state index contributed by atoms with van der Waals surface area (Å²) in [6, 6.07) is 5.07. The zero-order valence-corrected chi connectivity index (χ0v) is 13.8. The largest absolute Gasteiger partial charge is 0.461 e. The Kier molecular flexibility index (Phi) is 5.12. The van der Waals surface area contributed by atoms with Gasteiger partial charge in [0.2, 0.25) is 0 Å². The lowest BCUT2D eigenvalue weighted by atomic mass is 9.76. The van der Waals surface area contributed by atoms with Crippen molar-refractivity contribution in [1.29, 1.82) is 0 Å². The quantitative estimate of drug-likeness (QED) is 0.801. The second-order valence-corrected chi connectivity index (χ2v) is 6.71. The molecular weight excluding hydrogens is 358 g/mol. The molecule has 1 amide bonds. The number of halogens is 4. The minimum absolute atomic E-state index is 0.0285. The molecule has 0 spiro atoms. The first-order chi connectivity index (χ1) is 12.3. The molecule has 2 atom stereocenters. The SMILES string of the molecule is O=C(c1ccccc1OC(F)(F)C(F)F)N1C[C@@H]2CCOC[C@]2(CO)C1. The Morgan fingerprint density at radius 2 is 2.15 bits per heavy atom. The van der Waals surface area contributed by atoms with E-state index in [1.807, 2.05) is 0 Å². The van der Waals surface area contributed by atoms with E-state index in [9.17, 15) is 27.5 Å². The summed E-state index contributed by atoms with van der Waals surface area (Å²) in [6.07, 6.45) is -8.04. The van der Waals surface area contributed by atoms with E-state index in [-0.39, 0.29) is 24.6 Å². The molecule has 2 heterocycles. The molecule has 144 valence electrons. The normalized spacial score (nSPS) is 26.1. The van der Waals surface area contributed by atoms with E-state index in [0.717, 1.165) is 6.07 Å². The Labute approximate surface area is 147 Å². The molecule has 1 aromatic carbocycles. The third-order valence-electron chi connectivity index (χ3n) is 5.03. The number of aliphatic hydroxyl groups excluding tert-OH is 1. The van der Waals surface area contributed by atoms with Crippen molar-refractivity contribution < 1.29 is 36.9 Å². The predicted molar refractivity (Wildman–Crippen MR) is 82.4 cm³/mol. The molecule has 5 nitrogen and oxygen atoms in total. The average molecular weight is 377 g/mol. The summed E-state index contributed by atoms with van der Waals surface area (Å²) < 4.78 is 60.9. The zero-order valence-electron chi connectivity index (χ0n) is 13.8. The molecule has 2 aliphatic rings. The number of alkyl halides is 4. The van der Waals surface area contributed by atoms with Crippen LogP contribution < -0.4 is 4.74 Å². The van der Waals surface area contributed by atoms with Gasteiger partial charge in [0.15, 0.2) is 0 Å². The molecule has 0 saturated carbocycles. The summed E-state index contributed by atoms with van der Waals surface area (Å²) in [7, 11) is 0. The van der Waals surface area contributed by atoms with Crippen LogP contribution in [-0.4, -0.2) is 61.4 Å². The Hall–Kier alpha value is -1.87. The predicted octanol–water partition coefficient (Wildman–Crippen LogP) is 2.39. The van der Waals surface area contributed by atoms with Crippen molar-refractivity contribution in [2.75, 3.05) is 32.9 Å². The lowest BCUT2D eigenvalue weighted by Gasteiger charge is -2.36. The average Bonchev–Trinajstić information content (AvgIpc) is 3.01. The first kappa shape index (κ1) is 18.9. The van der Waals surface area contributed by atoms with Crippen LogP contribution in [0.15, 0.2) is 24.3 Å². The van der Waals surface area contributed by atoms with Gasteiger partial charge in [-0.15, -0.1) is 0 Å². The second-order valence-electron chi connectivity index (χ2n) is 6.71. The van der Waals surface area contributed by atoms with Crippen LogP contribution in [0.4, 0.5) is 17.6 Å². The van der Waals surface area contributed by atoms with Gasteiger partial charge in [0, 0.05) is 25.1 Å². The van der Waals surface area contributed by atoms with Crippen LogP contribution in [0.5, 0.6) is 5.75 Å². The van der Waals surface area contributed by atoms with Crippen molar-refractivity contribution in [2.45, 2.75) is 19.0 Å². The van der Waals surface area contributed by atoms with Crippen LogP contribution in [-0.2, 0) is 4.74 Å². The smallest absolute Gasteiger partial charge is 0.427 e. The number of aliphatic hydroxyl groups is 1. The van der Waals surface area contributed by atoms with Crippen molar-refractivity contribution in [3.05, 3.63) is 29.8 Å². The minimum Gasteiger partial charge on any atom is -0.427 e. The summed E-state index contributed by atoms with van der Waals surface area (Å²) in [6.45, 7) is 1.20.